The molecule has 4 rings (SSSR count). The van der Waals surface area contributed by atoms with Crippen molar-refractivity contribution in [3.05, 3.63) is 64.7 Å². The monoisotopic (exact) mass is 370 g/mol. The predicted octanol–water partition coefficient (Wildman–Crippen LogP) is 3.49. The number of benzene rings is 1. The Morgan fingerprint density at radius 1 is 1.17 bits per heavy atom. The summed E-state index contributed by atoms with van der Waals surface area (Å²) in [6.07, 6.45) is 3.48. The van der Waals surface area contributed by atoms with E-state index in [0.29, 0.717) is 11.7 Å². The van der Waals surface area contributed by atoms with Crippen molar-refractivity contribution in [3.63, 3.8) is 0 Å². The van der Waals surface area contributed by atoms with Gasteiger partial charge in [-0.2, -0.15) is 4.98 Å². The van der Waals surface area contributed by atoms with Gasteiger partial charge in [0.15, 0.2) is 0 Å². The second-order valence-electron chi connectivity index (χ2n) is 5.72. The van der Waals surface area contributed by atoms with Gasteiger partial charge < -0.3 is 4.52 Å². The molecular weight excluding hydrogens is 356 g/mol. The number of halogens is 1. The van der Waals surface area contributed by atoms with E-state index >= 15 is 0 Å². The van der Waals surface area contributed by atoms with Crippen LogP contribution in [0.2, 0.25) is 0 Å². The summed E-state index contributed by atoms with van der Waals surface area (Å²) in [5, 5.41) is 4.06. The summed E-state index contributed by atoms with van der Waals surface area (Å²) in [4.78, 5) is 11.0. The Morgan fingerprint density at radius 3 is 2.74 bits per heavy atom. The van der Waals surface area contributed by atoms with E-state index in [2.05, 4.69) is 60.2 Å². The smallest absolute Gasteiger partial charge is 0.232 e. The van der Waals surface area contributed by atoms with Gasteiger partial charge in [-0.3, -0.25) is 9.88 Å². The van der Waals surface area contributed by atoms with Gasteiger partial charge in [-0.1, -0.05) is 33.2 Å². The van der Waals surface area contributed by atoms with Crippen molar-refractivity contribution >= 4 is 15.9 Å². The molecule has 0 atom stereocenters. The molecule has 1 aromatic carbocycles. The van der Waals surface area contributed by atoms with Gasteiger partial charge in [0.05, 0.1) is 5.92 Å². The lowest BCUT2D eigenvalue weighted by molar-refractivity contribution is 0.117. The summed E-state index contributed by atoms with van der Waals surface area (Å²) >= 11 is 3.46. The third-order valence-electron chi connectivity index (χ3n) is 3.99. The zero-order valence-electron chi connectivity index (χ0n) is 12.4. The van der Waals surface area contributed by atoms with Crippen LogP contribution >= 0.6 is 15.9 Å². The molecule has 116 valence electrons. The van der Waals surface area contributed by atoms with E-state index in [-0.39, 0.29) is 0 Å². The van der Waals surface area contributed by atoms with Crippen molar-refractivity contribution in [2.45, 2.75) is 12.5 Å². The standard InChI is InChI=1S/C17H15BrN4O/c18-15-5-3-12(4-6-15)9-22-10-14(11-22)17-20-16(21-23-17)13-2-1-7-19-8-13/h1-8,14H,9-11H2. The van der Waals surface area contributed by atoms with Crippen LogP contribution in [0.4, 0.5) is 0 Å². The quantitative estimate of drug-likeness (QED) is 0.703. The summed E-state index contributed by atoms with van der Waals surface area (Å²) in [5.41, 5.74) is 2.20. The fourth-order valence-corrected chi connectivity index (χ4v) is 2.98. The third kappa shape index (κ3) is 3.18. The first-order valence-corrected chi connectivity index (χ1v) is 8.28. The van der Waals surface area contributed by atoms with Crippen molar-refractivity contribution in [1.29, 1.82) is 0 Å². The van der Waals surface area contributed by atoms with Crippen LogP contribution in [-0.4, -0.2) is 33.1 Å². The molecule has 1 fully saturated rings. The molecule has 0 bridgehead atoms. The lowest BCUT2D eigenvalue weighted by Crippen LogP contribution is -2.44. The Kier molecular flexibility index (Phi) is 3.93. The van der Waals surface area contributed by atoms with Crippen molar-refractivity contribution in [2.24, 2.45) is 0 Å². The van der Waals surface area contributed by atoms with Crippen LogP contribution in [0, 0.1) is 0 Å². The van der Waals surface area contributed by atoms with Crippen LogP contribution in [-0.2, 0) is 6.54 Å². The molecule has 2 aromatic heterocycles. The Labute approximate surface area is 142 Å². The van der Waals surface area contributed by atoms with E-state index in [1.807, 2.05) is 12.1 Å². The first-order valence-electron chi connectivity index (χ1n) is 7.49. The largest absolute Gasteiger partial charge is 0.339 e. The highest BCUT2D eigenvalue weighted by atomic mass is 79.9. The molecule has 23 heavy (non-hydrogen) atoms. The second kappa shape index (κ2) is 6.22. The van der Waals surface area contributed by atoms with Crippen LogP contribution in [0.5, 0.6) is 0 Å². The average molecular weight is 371 g/mol. The third-order valence-corrected chi connectivity index (χ3v) is 4.52. The summed E-state index contributed by atoms with van der Waals surface area (Å²) in [7, 11) is 0. The van der Waals surface area contributed by atoms with E-state index in [1.165, 1.54) is 5.56 Å². The zero-order chi connectivity index (χ0) is 15.6. The lowest BCUT2D eigenvalue weighted by atomic mass is 9.99. The molecule has 1 aliphatic heterocycles. The number of rotatable bonds is 4. The molecule has 0 spiro atoms. The first kappa shape index (κ1) is 14.5. The van der Waals surface area contributed by atoms with Gasteiger partial charge in [0.25, 0.3) is 0 Å². The summed E-state index contributed by atoms with van der Waals surface area (Å²) in [6.45, 7) is 2.85. The number of hydrogen-bond acceptors (Lipinski definition) is 5. The zero-order valence-corrected chi connectivity index (χ0v) is 14.0. The minimum atomic E-state index is 0.323. The second-order valence-corrected chi connectivity index (χ2v) is 6.63. The molecule has 1 aliphatic rings. The number of aromatic nitrogens is 3. The van der Waals surface area contributed by atoms with Gasteiger partial charge in [-0.05, 0) is 29.8 Å². The van der Waals surface area contributed by atoms with Crippen LogP contribution in [0.15, 0.2) is 57.8 Å². The number of nitrogens with zero attached hydrogens (tertiary/aromatic N) is 4. The molecule has 0 unspecified atom stereocenters. The molecule has 5 nitrogen and oxygen atoms in total. The van der Waals surface area contributed by atoms with Gasteiger partial charge in [-0.25, -0.2) is 0 Å². The minimum absolute atomic E-state index is 0.323. The SMILES string of the molecule is Brc1ccc(CN2CC(c3nc(-c4cccnc4)no3)C2)cc1. The highest BCUT2D eigenvalue weighted by molar-refractivity contribution is 9.10. The number of likely N-dealkylation sites (tertiary alicyclic amines) is 1. The number of pyridine rings is 1. The van der Waals surface area contributed by atoms with Crippen LogP contribution in [0.1, 0.15) is 17.4 Å². The molecular formula is C17H15BrN4O. The topological polar surface area (TPSA) is 55.1 Å². The maximum Gasteiger partial charge on any atom is 0.232 e. The molecule has 3 heterocycles. The lowest BCUT2D eigenvalue weighted by Gasteiger charge is -2.37. The van der Waals surface area contributed by atoms with E-state index in [0.717, 1.165) is 35.6 Å². The van der Waals surface area contributed by atoms with Crippen molar-refractivity contribution in [1.82, 2.24) is 20.0 Å². The Hall–Kier alpha value is -2.05. The van der Waals surface area contributed by atoms with Crippen LogP contribution in [0.25, 0.3) is 11.4 Å². The molecule has 0 aliphatic carbocycles. The highest BCUT2D eigenvalue weighted by Gasteiger charge is 2.32. The van der Waals surface area contributed by atoms with Crippen LogP contribution < -0.4 is 0 Å². The minimum Gasteiger partial charge on any atom is -0.339 e. The van der Waals surface area contributed by atoms with E-state index in [4.69, 9.17) is 4.52 Å². The van der Waals surface area contributed by atoms with Gasteiger partial charge in [0.2, 0.25) is 11.7 Å². The van der Waals surface area contributed by atoms with Crippen molar-refractivity contribution in [3.8, 4) is 11.4 Å². The Balaban J connectivity index is 1.37. The van der Waals surface area contributed by atoms with Gasteiger partial charge in [-0.15, -0.1) is 0 Å². The molecule has 0 amide bonds. The predicted molar refractivity (Wildman–Crippen MR) is 89.7 cm³/mol. The summed E-state index contributed by atoms with van der Waals surface area (Å²) < 4.78 is 6.52. The van der Waals surface area contributed by atoms with E-state index < -0.39 is 0 Å². The molecule has 0 N–H and O–H groups in total. The van der Waals surface area contributed by atoms with Crippen LogP contribution in [0.3, 0.4) is 0 Å². The molecule has 0 saturated carbocycles. The highest BCUT2D eigenvalue weighted by Crippen LogP contribution is 2.28. The Bertz CT molecular complexity index is 782. The summed E-state index contributed by atoms with van der Waals surface area (Å²) in [5.74, 6) is 1.65. The molecule has 6 heteroatoms. The van der Waals surface area contributed by atoms with Crippen molar-refractivity contribution in [2.75, 3.05) is 13.1 Å². The van der Waals surface area contributed by atoms with E-state index in [1.54, 1.807) is 12.4 Å². The van der Waals surface area contributed by atoms with Gasteiger partial charge >= 0.3 is 0 Å². The average Bonchev–Trinajstić information content (AvgIpc) is 3.02. The normalized spacial score (nSPS) is 15.5. The van der Waals surface area contributed by atoms with E-state index in [9.17, 15) is 0 Å². The van der Waals surface area contributed by atoms with Crippen molar-refractivity contribution < 1.29 is 4.52 Å². The molecule has 3 aromatic rings. The fraction of sp³-hybridized carbons (Fsp3) is 0.235. The van der Waals surface area contributed by atoms with Gasteiger partial charge in [0, 0.05) is 42.1 Å². The molecule has 0 radical (unpaired) electrons. The fourth-order valence-electron chi connectivity index (χ4n) is 2.72. The first-order chi connectivity index (χ1) is 11.3. The van der Waals surface area contributed by atoms with Gasteiger partial charge in [0.1, 0.15) is 0 Å². The molecule has 1 saturated heterocycles. The maximum absolute atomic E-state index is 5.42. The summed E-state index contributed by atoms with van der Waals surface area (Å²) in [6, 6.07) is 12.2. The maximum atomic E-state index is 5.42. The number of hydrogen-bond donors (Lipinski definition) is 0. The Morgan fingerprint density at radius 2 is 2.00 bits per heavy atom.